The summed E-state index contributed by atoms with van der Waals surface area (Å²) in [7, 11) is -3.47. The third-order valence-electron chi connectivity index (χ3n) is 18.0. The molecule has 0 amide bonds. The molecule has 6 aliphatic rings. The number of rotatable bonds is 9. The van der Waals surface area contributed by atoms with E-state index in [4.69, 9.17) is 0 Å². The van der Waals surface area contributed by atoms with Crippen LogP contribution < -0.4 is 5.32 Å². The molecule has 5 aliphatic carbocycles. The van der Waals surface area contributed by atoms with Crippen molar-refractivity contribution < 1.29 is 18.3 Å². The number of carboxylic acid groups (broad SMARTS) is 1. The number of carboxylic acids is 1. The molecule has 1 saturated heterocycles. The highest BCUT2D eigenvalue weighted by Gasteiger charge is 2.70. The third-order valence-corrected chi connectivity index (χ3v) is 19.9. The number of fused-ring (bicyclic) bond motifs is 7. The highest BCUT2D eigenvalue weighted by Crippen LogP contribution is 2.76. The standard InChI is InChI=1S/C49H69N3O4S/c1-33(2)38-19-24-49(50-27-28-51-29-31-52(32-30-51)57(55,56)37-15-9-34(3)10-16-37)26-25-47(7)40(43(38)49)17-18-42-46(6)22-20-39(35-11-13-36(14-12-35)44(53)54)45(4,5)41(46)21-23-48(42,47)8/h9-16,20,38,40-43,50H,1,17-19,21-32H2,2-8H3,(H,53,54)/t38-,40+,41-,42+,43+,46-,47+,48+,49-/m0/s1. The molecule has 2 aromatic rings. The molecule has 2 N–H and O–H groups in total. The fourth-order valence-corrected chi connectivity index (χ4v) is 16.3. The lowest BCUT2D eigenvalue weighted by Gasteiger charge is -2.72. The van der Waals surface area contributed by atoms with Crippen molar-refractivity contribution >= 4 is 21.6 Å². The van der Waals surface area contributed by atoms with E-state index in [0.717, 1.165) is 38.2 Å². The fraction of sp³-hybridized carbons (Fsp3) is 0.653. The van der Waals surface area contributed by atoms with Gasteiger partial charge in [-0.2, -0.15) is 4.31 Å². The summed E-state index contributed by atoms with van der Waals surface area (Å²) in [5.41, 5.74) is 6.22. The van der Waals surface area contributed by atoms with Crippen LogP contribution in [0.3, 0.4) is 0 Å². The predicted octanol–water partition coefficient (Wildman–Crippen LogP) is 9.69. The van der Waals surface area contributed by atoms with Gasteiger partial charge in [-0.05, 0) is 158 Å². The number of aromatic carboxylic acids is 1. The fourth-order valence-electron chi connectivity index (χ4n) is 14.9. The van der Waals surface area contributed by atoms with Crippen molar-refractivity contribution in [2.24, 2.45) is 51.2 Å². The molecule has 0 radical (unpaired) electrons. The number of carbonyl (C=O) groups is 1. The Labute approximate surface area is 343 Å². The molecule has 0 spiro atoms. The van der Waals surface area contributed by atoms with Crippen molar-refractivity contribution in [2.45, 2.75) is 117 Å². The summed E-state index contributed by atoms with van der Waals surface area (Å²) >= 11 is 0. The van der Waals surface area contributed by atoms with Crippen LogP contribution in [0.2, 0.25) is 0 Å². The van der Waals surface area contributed by atoms with Crippen molar-refractivity contribution in [2.75, 3.05) is 39.3 Å². The van der Waals surface area contributed by atoms with E-state index in [2.05, 4.69) is 64.4 Å². The van der Waals surface area contributed by atoms with E-state index in [1.54, 1.807) is 28.6 Å². The molecule has 57 heavy (non-hydrogen) atoms. The minimum absolute atomic E-state index is 0.000949. The summed E-state index contributed by atoms with van der Waals surface area (Å²) < 4.78 is 28.4. The van der Waals surface area contributed by atoms with Gasteiger partial charge in [0, 0.05) is 44.8 Å². The lowest BCUT2D eigenvalue weighted by Crippen LogP contribution is -2.68. The Balaban J connectivity index is 0.977. The van der Waals surface area contributed by atoms with E-state index < -0.39 is 16.0 Å². The zero-order valence-electron chi connectivity index (χ0n) is 35.9. The number of hydrogen-bond acceptors (Lipinski definition) is 5. The summed E-state index contributed by atoms with van der Waals surface area (Å²) in [6, 6.07) is 14.8. The average molecular weight is 796 g/mol. The number of aryl methyl sites for hydroxylation is 1. The Morgan fingerprint density at radius 3 is 2.18 bits per heavy atom. The number of sulfonamides is 1. The summed E-state index contributed by atoms with van der Waals surface area (Å²) in [6.07, 6.45) is 13.7. The van der Waals surface area contributed by atoms with Crippen LogP contribution in [-0.4, -0.2) is 73.5 Å². The van der Waals surface area contributed by atoms with Crippen LogP contribution in [0.25, 0.3) is 5.57 Å². The molecule has 5 fully saturated rings. The highest BCUT2D eigenvalue weighted by atomic mass is 32.2. The quantitative estimate of drug-likeness (QED) is 0.246. The van der Waals surface area contributed by atoms with Gasteiger partial charge in [-0.25, -0.2) is 13.2 Å². The van der Waals surface area contributed by atoms with Crippen molar-refractivity contribution in [1.82, 2.24) is 14.5 Å². The number of allylic oxidation sites excluding steroid dienone is 3. The highest BCUT2D eigenvalue weighted by molar-refractivity contribution is 7.89. The van der Waals surface area contributed by atoms with Gasteiger partial charge in [-0.15, -0.1) is 0 Å². The number of piperazine rings is 1. The molecular weight excluding hydrogens is 727 g/mol. The molecule has 1 aliphatic heterocycles. The Hall–Kier alpha value is -2.78. The molecular formula is C49H69N3O4S. The van der Waals surface area contributed by atoms with Crippen molar-refractivity contribution in [3.8, 4) is 0 Å². The first-order chi connectivity index (χ1) is 26.9. The second-order valence-electron chi connectivity index (χ2n) is 20.8. The maximum Gasteiger partial charge on any atom is 0.335 e. The predicted molar refractivity (Wildman–Crippen MR) is 230 cm³/mol. The van der Waals surface area contributed by atoms with Gasteiger partial charge in [0.15, 0.2) is 0 Å². The first-order valence-corrected chi connectivity index (χ1v) is 23.6. The van der Waals surface area contributed by atoms with Gasteiger partial charge >= 0.3 is 5.97 Å². The SMILES string of the molecule is C=C(C)[C@@H]1CC[C@]2(NCCN3CCN(S(=O)(=O)c4ccc(C)cc4)CC3)CC[C@]3(C)[C@H](CC[C@@H]4[C@@]5(C)CC=C(c6ccc(C(=O)O)cc6)C(C)(C)[C@@H]5CC[C@]43C)[C@@H]12. The van der Waals surface area contributed by atoms with Crippen LogP contribution >= 0.6 is 0 Å². The van der Waals surface area contributed by atoms with Crippen LogP contribution in [-0.2, 0) is 10.0 Å². The molecule has 310 valence electrons. The Kier molecular flexibility index (Phi) is 10.4. The van der Waals surface area contributed by atoms with Gasteiger partial charge < -0.3 is 10.4 Å². The van der Waals surface area contributed by atoms with Gasteiger partial charge in [0.1, 0.15) is 0 Å². The molecule has 8 heteroatoms. The van der Waals surface area contributed by atoms with Gasteiger partial charge in [-0.3, -0.25) is 4.90 Å². The van der Waals surface area contributed by atoms with Crippen LogP contribution in [0.4, 0.5) is 0 Å². The minimum Gasteiger partial charge on any atom is -0.478 e. The molecule has 9 atom stereocenters. The topological polar surface area (TPSA) is 90.0 Å². The zero-order valence-corrected chi connectivity index (χ0v) is 36.7. The molecule has 1 heterocycles. The molecule has 8 rings (SSSR count). The molecule has 0 aromatic heterocycles. The number of hydrogen-bond donors (Lipinski definition) is 2. The van der Waals surface area contributed by atoms with Crippen LogP contribution in [0.1, 0.15) is 121 Å². The van der Waals surface area contributed by atoms with Gasteiger partial charge in [0.25, 0.3) is 0 Å². The smallest absolute Gasteiger partial charge is 0.335 e. The van der Waals surface area contributed by atoms with E-state index in [1.165, 1.54) is 68.1 Å². The van der Waals surface area contributed by atoms with Crippen LogP contribution in [0, 0.1) is 58.2 Å². The number of nitrogens with zero attached hydrogens (tertiary/aromatic N) is 2. The molecule has 7 nitrogen and oxygen atoms in total. The zero-order chi connectivity index (χ0) is 40.8. The van der Waals surface area contributed by atoms with Gasteiger partial charge in [0.05, 0.1) is 10.5 Å². The summed E-state index contributed by atoms with van der Waals surface area (Å²) in [6.45, 7) is 26.4. The van der Waals surface area contributed by atoms with Crippen molar-refractivity contribution in [3.63, 3.8) is 0 Å². The summed E-state index contributed by atoms with van der Waals surface area (Å²) in [5, 5.41) is 13.8. The first kappa shape index (κ1) is 41.0. The molecule has 0 unspecified atom stereocenters. The Bertz CT molecular complexity index is 2020. The number of nitrogens with one attached hydrogen (secondary N) is 1. The molecule has 2 aromatic carbocycles. The summed E-state index contributed by atoms with van der Waals surface area (Å²) in [4.78, 5) is 14.5. The second-order valence-corrected chi connectivity index (χ2v) is 22.7. The lowest BCUT2D eigenvalue weighted by atomic mass is 9.33. The van der Waals surface area contributed by atoms with Crippen LogP contribution in [0.5, 0.6) is 0 Å². The number of benzene rings is 2. The Morgan fingerprint density at radius 1 is 0.842 bits per heavy atom. The monoisotopic (exact) mass is 796 g/mol. The van der Waals surface area contributed by atoms with E-state index in [1.807, 2.05) is 31.2 Å². The van der Waals surface area contributed by atoms with E-state index in [-0.39, 0.29) is 27.2 Å². The third kappa shape index (κ3) is 6.44. The van der Waals surface area contributed by atoms with E-state index in [9.17, 15) is 18.3 Å². The maximum absolute atomic E-state index is 13.4. The van der Waals surface area contributed by atoms with E-state index in [0.29, 0.717) is 53.1 Å². The van der Waals surface area contributed by atoms with Gasteiger partial charge in [0.2, 0.25) is 10.0 Å². The lowest BCUT2D eigenvalue weighted by molar-refractivity contribution is -0.219. The summed E-state index contributed by atoms with van der Waals surface area (Å²) in [5.74, 6) is 2.18. The molecule has 4 saturated carbocycles. The first-order valence-electron chi connectivity index (χ1n) is 22.1. The minimum atomic E-state index is -3.47. The second kappa shape index (κ2) is 14.4. The van der Waals surface area contributed by atoms with E-state index >= 15 is 0 Å². The van der Waals surface area contributed by atoms with Crippen molar-refractivity contribution in [1.29, 1.82) is 0 Å². The van der Waals surface area contributed by atoms with Gasteiger partial charge in [-0.1, -0.05) is 82.7 Å². The van der Waals surface area contributed by atoms with Crippen molar-refractivity contribution in [3.05, 3.63) is 83.4 Å². The molecule has 0 bridgehead atoms. The Morgan fingerprint density at radius 2 is 1.53 bits per heavy atom. The average Bonchev–Trinajstić information content (AvgIpc) is 3.55. The normalized spacial score (nSPS) is 37.9. The maximum atomic E-state index is 13.4. The van der Waals surface area contributed by atoms with Crippen LogP contribution in [0.15, 0.2) is 71.7 Å². The largest absolute Gasteiger partial charge is 0.478 e.